The van der Waals surface area contributed by atoms with Crippen LogP contribution >= 0.6 is 0 Å². The molecule has 0 bridgehead atoms. The van der Waals surface area contributed by atoms with Crippen molar-refractivity contribution in [2.75, 3.05) is 40.1 Å². The quantitative estimate of drug-likeness (QED) is 0.0538. The van der Waals surface area contributed by atoms with Crippen molar-refractivity contribution in [3.8, 4) is 0 Å². The highest BCUT2D eigenvalue weighted by atomic mass is 16.8. The molecule has 6 saturated heterocycles. The van der Waals surface area contributed by atoms with Crippen molar-refractivity contribution in [1.29, 1.82) is 0 Å². The molecule has 6 heterocycles. The SMILES string of the molecule is COC1[C@H](OCC2O[C@@H](O)C(NC(C)=O)[C@@H](O)[C@@H]2O[C@@H]2OC(CO)[C@@H](O[C@@H]3OC(CO)[C@@H](O[C@@H]4OC(CO)[C@@H](O[C@@H]5OC(CO)[C@@H](O)C(O)[C@@H]5N)C(O)[C@@H]4NC(C)=O)[C@H](O)C3NC(C)=O)[C@H](O)C2NC(C)=O)OC(C)[C@@H](O)[C@H]1O. The minimum Gasteiger partial charge on any atom is -0.394 e. The van der Waals surface area contributed by atoms with E-state index in [0.717, 1.165) is 27.7 Å². The summed E-state index contributed by atoms with van der Waals surface area (Å²) < 4.78 is 70.6. The van der Waals surface area contributed by atoms with Gasteiger partial charge in [0.15, 0.2) is 37.7 Å². The molecule has 30 atom stereocenters. The number of nitrogens with two attached hydrogens (primary N) is 1. The van der Waals surface area contributed by atoms with E-state index in [4.69, 9.17) is 62.6 Å². The van der Waals surface area contributed by atoms with Crippen molar-refractivity contribution >= 4 is 23.6 Å². The first-order chi connectivity index (χ1) is 37.3. The molecular weight excluding hydrogens is 1070 g/mol. The van der Waals surface area contributed by atoms with E-state index in [-0.39, 0.29) is 0 Å². The number of amides is 4. The summed E-state index contributed by atoms with van der Waals surface area (Å²) in [7, 11) is 1.21. The van der Waals surface area contributed by atoms with Gasteiger partial charge in [0.05, 0.1) is 45.2 Å². The third-order valence-corrected chi connectivity index (χ3v) is 14.3. The number of aliphatic hydroxyl groups is 13. The number of carbonyl (C=O) groups excluding carboxylic acids is 4. The molecule has 0 aliphatic carbocycles. The maximum absolute atomic E-state index is 12.8. The summed E-state index contributed by atoms with van der Waals surface area (Å²) >= 11 is 0. The van der Waals surface area contributed by atoms with Crippen LogP contribution in [-0.4, -0.2) is 314 Å². The standard InChI is InChI=1S/C45H77N5O29/c1-12-27(59)34(66)39(68-6)45(70-12)69-11-21-38(30(62)23(40(67)71-21)47-13(2)55)79-44-26(50-16(5)58)33(65)37(20(10-54)75-44)78-43-25(49-15(4)57)32(64)36(19(9-53)74-43)77-42-24(48-14(3)56)31(63)35(18(8-52)73-42)76-41-22(46)29(61)28(60)17(7-51)72-41/h12,17-45,51-54,59-67H,7-11,46H2,1-6H3,(H,47,55)(H,48,56)(H,49,57)(H,50,58)/t12?,17?,18?,19?,20?,21?,22-,23?,24-,25?,26?,27+,28+,29?,30+,31?,32+,33+,34+,35+,36+,37+,38+,39?,40+,41-,42-,43-,44-,45+/m0/s1. The van der Waals surface area contributed by atoms with Crippen LogP contribution in [0.25, 0.3) is 0 Å². The van der Waals surface area contributed by atoms with Gasteiger partial charge in [-0.05, 0) is 6.92 Å². The molecule has 19 N–H and O–H groups in total. The van der Waals surface area contributed by atoms with E-state index in [2.05, 4.69) is 21.3 Å². The molecule has 0 spiro atoms. The lowest BCUT2D eigenvalue weighted by atomic mass is 9.93. The fourth-order valence-electron chi connectivity index (χ4n) is 10.3. The number of carbonyl (C=O) groups is 4. The Hall–Kier alpha value is -3.16. The number of rotatable bonds is 20. The smallest absolute Gasteiger partial charge is 0.217 e. The van der Waals surface area contributed by atoms with Crippen molar-refractivity contribution in [3.05, 3.63) is 0 Å². The molecule has 6 rings (SSSR count). The largest absolute Gasteiger partial charge is 0.394 e. The Bertz CT molecular complexity index is 1990. The normalized spacial score (nSPS) is 46.7. The van der Waals surface area contributed by atoms with Crippen molar-refractivity contribution in [1.82, 2.24) is 21.3 Å². The summed E-state index contributed by atoms with van der Waals surface area (Å²) in [4.78, 5) is 50.3. The van der Waals surface area contributed by atoms with E-state index in [9.17, 15) is 85.6 Å². The van der Waals surface area contributed by atoms with Gasteiger partial charge >= 0.3 is 0 Å². The van der Waals surface area contributed by atoms with Gasteiger partial charge in [-0.1, -0.05) is 0 Å². The Labute approximate surface area is 451 Å². The molecule has 0 saturated carbocycles. The molecule has 79 heavy (non-hydrogen) atoms. The summed E-state index contributed by atoms with van der Waals surface area (Å²) in [5, 5.41) is 152. The summed E-state index contributed by atoms with van der Waals surface area (Å²) in [6, 6.07) is -8.17. The first-order valence-electron chi connectivity index (χ1n) is 25.4. The van der Waals surface area contributed by atoms with Gasteiger partial charge in [0.1, 0.15) is 134 Å². The summed E-state index contributed by atoms with van der Waals surface area (Å²) in [5.41, 5.74) is 6.04. The van der Waals surface area contributed by atoms with E-state index >= 15 is 0 Å². The zero-order chi connectivity index (χ0) is 58.5. The zero-order valence-electron chi connectivity index (χ0n) is 43.8. The number of nitrogens with one attached hydrogen (secondary N) is 4. The van der Waals surface area contributed by atoms with Crippen molar-refractivity contribution in [2.24, 2.45) is 5.73 Å². The van der Waals surface area contributed by atoms with Gasteiger partial charge in [0.2, 0.25) is 23.6 Å². The molecule has 12 unspecified atom stereocenters. The van der Waals surface area contributed by atoms with Gasteiger partial charge in [0.25, 0.3) is 0 Å². The minimum absolute atomic E-state index is 0.627. The van der Waals surface area contributed by atoms with Gasteiger partial charge in [-0.3, -0.25) is 19.2 Å². The van der Waals surface area contributed by atoms with Crippen LogP contribution in [0.1, 0.15) is 34.6 Å². The second kappa shape index (κ2) is 28.4. The highest BCUT2D eigenvalue weighted by molar-refractivity contribution is 5.74. The monoisotopic (exact) mass is 1150 g/mol. The molecule has 6 fully saturated rings. The first-order valence-corrected chi connectivity index (χ1v) is 25.4. The molecule has 6 aliphatic rings. The van der Waals surface area contributed by atoms with E-state index in [0.29, 0.717) is 0 Å². The van der Waals surface area contributed by atoms with E-state index in [1.54, 1.807) is 0 Å². The fourth-order valence-corrected chi connectivity index (χ4v) is 10.3. The van der Waals surface area contributed by atoms with Crippen LogP contribution in [-0.2, 0) is 76.0 Å². The predicted molar refractivity (Wildman–Crippen MR) is 251 cm³/mol. The summed E-state index contributed by atoms with van der Waals surface area (Å²) in [6.45, 7) is 1.30. The number of methoxy groups -OCH3 is 1. The number of ether oxygens (including phenoxy) is 12. The third kappa shape index (κ3) is 14.8. The van der Waals surface area contributed by atoms with Crippen LogP contribution in [0.2, 0.25) is 0 Å². The maximum Gasteiger partial charge on any atom is 0.217 e. The molecule has 0 aromatic rings. The van der Waals surface area contributed by atoms with Crippen LogP contribution in [0.5, 0.6) is 0 Å². The maximum atomic E-state index is 12.8. The van der Waals surface area contributed by atoms with Gasteiger partial charge in [-0.2, -0.15) is 0 Å². The molecule has 0 aromatic heterocycles. The zero-order valence-corrected chi connectivity index (χ0v) is 43.8. The molecule has 34 heteroatoms. The van der Waals surface area contributed by atoms with Gasteiger partial charge in [-0.25, -0.2) is 0 Å². The third-order valence-electron chi connectivity index (χ3n) is 14.3. The van der Waals surface area contributed by atoms with E-state index in [1.165, 1.54) is 14.0 Å². The number of aliphatic hydroxyl groups excluding tert-OH is 13. The molecular formula is C45H77N5O29. The predicted octanol–water partition coefficient (Wildman–Crippen LogP) is -11.9. The Morgan fingerprint density at radius 1 is 0.418 bits per heavy atom. The van der Waals surface area contributed by atoms with Crippen LogP contribution in [0.15, 0.2) is 0 Å². The molecule has 0 radical (unpaired) electrons. The van der Waals surface area contributed by atoms with Gasteiger partial charge in [-0.15, -0.1) is 0 Å². The summed E-state index contributed by atoms with van der Waals surface area (Å²) in [5.74, 6) is -3.12. The Morgan fingerprint density at radius 3 is 1.15 bits per heavy atom. The second-order valence-electron chi connectivity index (χ2n) is 20.0. The molecule has 4 amide bonds. The average Bonchev–Trinajstić information content (AvgIpc) is 3.49. The lowest BCUT2D eigenvalue weighted by Gasteiger charge is -2.51. The molecule has 0 aromatic carbocycles. The van der Waals surface area contributed by atoms with Gasteiger partial charge in [0, 0.05) is 34.8 Å². The Kier molecular flexibility index (Phi) is 23.4. The number of hydrogen-bond donors (Lipinski definition) is 18. The summed E-state index contributed by atoms with van der Waals surface area (Å²) in [6.07, 6.45) is -41.7. The topological polar surface area (TPSA) is 516 Å². The van der Waals surface area contributed by atoms with E-state index in [1.807, 2.05) is 0 Å². The highest BCUT2D eigenvalue weighted by Gasteiger charge is 2.58. The van der Waals surface area contributed by atoms with Crippen LogP contribution < -0.4 is 27.0 Å². The molecule has 456 valence electrons. The van der Waals surface area contributed by atoms with Crippen molar-refractivity contribution < 1.29 is 142 Å². The lowest BCUT2D eigenvalue weighted by molar-refractivity contribution is -0.368. The van der Waals surface area contributed by atoms with Gasteiger partial charge < -0.3 is 150 Å². The highest BCUT2D eigenvalue weighted by Crippen LogP contribution is 2.36. The first kappa shape index (κ1) is 65.0. The molecule has 34 nitrogen and oxygen atoms in total. The van der Waals surface area contributed by atoms with E-state index < -0.39 is 241 Å². The average molecular weight is 1150 g/mol. The fraction of sp³-hybridized carbons (Fsp3) is 0.911. The Morgan fingerprint density at radius 2 is 0.772 bits per heavy atom. The van der Waals surface area contributed by atoms with Crippen LogP contribution in [0, 0.1) is 0 Å². The Balaban J connectivity index is 1.23. The number of hydrogen-bond acceptors (Lipinski definition) is 30. The second-order valence-corrected chi connectivity index (χ2v) is 20.0. The van der Waals surface area contributed by atoms with Crippen molar-refractivity contribution in [2.45, 2.75) is 219 Å². The van der Waals surface area contributed by atoms with Crippen LogP contribution in [0.3, 0.4) is 0 Å². The van der Waals surface area contributed by atoms with Crippen LogP contribution in [0.4, 0.5) is 0 Å². The molecule has 6 aliphatic heterocycles. The van der Waals surface area contributed by atoms with Crippen molar-refractivity contribution in [3.63, 3.8) is 0 Å². The minimum atomic E-state index is -2.02. The lowest BCUT2D eigenvalue weighted by Crippen LogP contribution is -2.72.